The van der Waals surface area contributed by atoms with Crippen LogP contribution in [0.5, 0.6) is 0 Å². The summed E-state index contributed by atoms with van der Waals surface area (Å²) in [7, 11) is 3.27. The van der Waals surface area contributed by atoms with Gasteiger partial charge in [-0.3, -0.25) is 14.2 Å². The van der Waals surface area contributed by atoms with Crippen LogP contribution in [0.25, 0.3) is 11.2 Å². The van der Waals surface area contributed by atoms with E-state index in [1.165, 1.54) is 13.2 Å². The molecule has 1 N–H and O–H groups in total. The minimum absolute atomic E-state index is 0.0605. The van der Waals surface area contributed by atoms with Crippen LogP contribution in [-0.4, -0.2) is 56.6 Å². The number of carbonyl (C=O) groups is 1. The van der Waals surface area contributed by atoms with Crippen molar-refractivity contribution >= 4 is 28.6 Å². The van der Waals surface area contributed by atoms with E-state index in [0.717, 1.165) is 28.1 Å². The lowest BCUT2D eigenvalue weighted by atomic mass is 10.0. The molecule has 0 saturated carbocycles. The predicted octanol–water partition coefficient (Wildman–Crippen LogP) is 4.75. The molecule has 1 aromatic carbocycles. The van der Waals surface area contributed by atoms with Crippen LogP contribution < -0.4 is 5.32 Å². The highest BCUT2D eigenvalue weighted by Crippen LogP contribution is 2.28. The zero-order valence-electron chi connectivity index (χ0n) is 20.8. The van der Waals surface area contributed by atoms with E-state index in [1.807, 2.05) is 47.7 Å². The van der Waals surface area contributed by atoms with Crippen molar-refractivity contribution in [2.45, 2.75) is 25.7 Å². The number of fused-ring (bicyclic) bond motifs is 1. The zero-order valence-corrected chi connectivity index (χ0v) is 20.8. The SMILES string of the molecule is COC1C=CC(c2cnc3c(Nc4ccc(C(=O)N(C)Cc5ccncc5)c(C)c4)nccn23)=CC1F. The molecule has 0 saturated heterocycles. The van der Waals surface area contributed by atoms with Crippen molar-refractivity contribution in [3.63, 3.8) is 0 Å². The topological polar surface area (TPSA) is 84.6 Å². The van der Waals surface area contributed by atoms with Gasteiger partial charge in [-0.25, -0.2) is 14.4 Å². The second-order valence-electron chi connectivity index (χ2n) is 8.91. The third-order valence-corrected chi connectivity index (χ3v) is 6.35. The molecule has 0 radical (unpaired) electrons. The number of amides is 1. The molecule has 188 valence electrons. The molecule has 9 heteroatoms. The summed E-state index contributed by atoms with van der Waals surface area (Å²) in [5, 5.41) is 3.31. The molecule has 37 heavy (non-hydrogen) atoms. The Kier molecular flexibility index (Phi) is 6.78. The Hall–Kier alpha value is -4.37. The second kappa shape index (κ2) is 10.3. The fraction of sp³-hybridized carbons (Fsp3) is 0.214. The maximum Gasteiger partial charge on any atom is 0.254 e. The van der Waals surface area contributed by atoms with E-state index >= 15 is 0 Å². The van der Waals surface area contributed by atoms with E-state index in [4.69, 9.17) is 4.74 Å². The lowest BCUT2D eigenvalue weighted by Gasteiger charge is -2.19. The summed E-state index contributed by atoms with van der Waals surface area (Å²) in [5.74, 6) is 0.490. The van der Waals surface area contributed by atoms with E-state index in [-0.39, 0.29) is 5.91 Å². The number of nitrogens with zero attached hydrogens (tertiary/aromatic N) is 5. The Morgan fingerprint density at radius 2 is 2.00 bits per heavy atom. The number of nitrogens with one attached hydrogen (secondary N) is 1. The number of benzene rings is 1. The summed E-state index contributed by atoms with van der Waals surface area (Å²) in [4.78, 5) is 27.7. The van der Waals surface area contributed by atoms with Gasteiger partial charge in [0.25, 0.3) is 5.91 Å². The van der Waals surface area contributed by atoms with Gasteiger partial charge in [-0.15, -0.1) is 0 Å². The molecule has 2 unspecified atom stereocenters. The fourth-order valence-corrected chi connectivity index (χ4v) is 4.38. The van der Waals surface area contributed by atoms with E-state index < -0.39 is 12.3 Å². The number of methoxy groups -OCH3 is 1. The molecule has 4 aromatic rings. The number of hydrogen-bond donors (Lipinski definition) is 1. The molecule has 1 aliphatic rings. The minimum Gasteiger partial charge on any atom is -0.374 e. The number of anilines is 2. The average Bonchev–Trinajstić information content (AvgIpc) is 3.34. The average molecular weight is 499 g/mol. The molecule has 3 heterocycles. The number of allylic oxidation sites excluding steroid dienone is 2. The third kappa shape index (κ3) is 4.99. The molecule has 3 aromatic heterocycles. The number of hydrogen-bond acceptors (Lipinski definition) is 6. The molecule has 0 aliphatic heterocycles. The van der Waals surface area contributed by atoms with Gasteiger partial charge in [0.1, 0.15) is 12.3 Å². The largest absolute Gasteiger partial charge is 0.374 e. The van der Waals surface area contributed by atoms with Crippen molar-refractivity contribution in [1.82, 2.24) is 24.3 Å². The van der Waals surface area contributed by atoms with E-state index in [2.05, 4.69) is 20.3 Å². The highest BCUT2D eigenvalue weighted by Gasteiger charge is 2.22. The molecule has 0 fully saturated rings. The molecule has 0 spiro atoms. The summed E-state index contributed by atoms with van der Waals surface area (Å²) in [6.45, 7) is 2.40. The summed E-state index contributed by atoms with van der Waals surface area (Å²) >= 11 is 0. The second-order valence-corrected chi connectivity index (χ2v) is 8.91. The van der Waals surface area contributed by atoms with Gasteiger partial charge >= 0.3 is 0 Å². The number of rotatable bonds is 7. The van der Waals surface area contributed by atoms with Crippen LogP contribution in [0.15, 0.2) is 79.5 Å². The van der Waals surface area contributed by atoms with Gasteiger partial charge in [0.2, 0.25) is 0 Å². The molecule has 1 amide bonds. The lowest BCUT2D eigenvalue weighted by molar-refractivity contribution is 0.0784. The molecule has 0 bridgehead atoms. The first-order valence-corrected chi connectivity index (χ1v) is 11.9. The number of alkyl halides is 1. The van der Waals surface area contributed by atoms with Gasteiger partial charge in [0, 0.05) is 56.7 Å². The first-order chi connectivity index (χ1) is 17.9. The molecule has 8 nitrogen and oxygen atoms in total. The van der Waals surface area contributed by atoms with Gasteiger partial charge in [-0.05, 0) is 60.0 Å². The number of ether oxygens (including phenoxy) is 1. The van der Waals surface area contributed by atoms with Crippen LogP contribution in [-0.2, 0) is 11.3 Å². The van der Waals surface area contributed by atoms with E-state index in [0.29, 0.717) is 23.6 Å². The van der Waals surface area contributed by atoms with Gasteiger partial charge in [0.15, 0.2) is 11.5 Å². The summed E-state index contributed by atoms with van der Waals surface area (Å²) in [6.07, 6.45) is 11.8. The maximum absolute atomic E-state index is 14.4. The maximum atomic E-state index is 14.4. The number of aryl methyl sites for hydroxylation is 1. The van der Waals surface area contributed by atoms with E-state index in [1.54, 1.807) is 49.0 Å². The van der Waals surface area contributed by atoms with Crippen molar-refractivity contribution in [2.75, 3.05) is 19.5 Å². The van der Waals surface area contributed by atoms with Crippen LogP contribution in [0, 0.1) is 6.92 Å². The Morgan fingerprint density at radius 1 is 1.19 bits per heavy atom. The molecule has 1 aliphatic carbocycles. The number of imidazole rings is 1. The fourth-order valence-electron chi connectivity index (χ4n) is 4.38. The summed E-state index contributed by atoms with van der Waals surface area (Å²) < 4.78 is 21.4. The predicted molar refractivity (Wildman–Crippen MR) is 140 cm³/mol. The van der Waals surface area contributed by atoms with Crippen LogP contribution in [0.1, 0.15) is 27.2 Å². The van der Waals surface area contributed by atoms with Gasteiger partial charge in [0.05, 0.1) is 11.9 Å². The highest BCUT2D eigenvalue weighted by molar-refractivity contribution is 5.96. The van der Waals surface area contributed by atoms with Crippen molar-refractivity contribution in [3.8, 4) is 0 Å². The standard InChI is InChI=1S/C28H27FN6O2/c1-18-14-21(5-6-22(18)28(36)34(2)17-19-8-10-30-11-9-19)33-26-27-32-16-24(35(27)13-12-31-26)20-4-7-25(37-3)23(29)15-20/h4-16,23,25H,17H2,1-3H3,(H,31,33). The quantitative estimate of drug-likeness (QED) is 0.396. The van der Waals surface area contributed by atoms with Crippen LogP contribution in [0.2, 0.25) is 0 Å². The number of pyridine rings is 1. The highest BCUT2D eigenvalue weighted by atomic mass is 19.1. The monoisotopic (exact) mass is 498 g/mol. The Morgan fingerprint density at radius 3 is 2.73 bits per heavy atom. The zero-order chi connectivity index (χ0) is 25.9. The Labute approximate surface area is 214 Å². The summed E-state index contributed by atoms with van der Waals surface area (Å²) in [5.41, 5.74) is 5.34. The van der Waals surface area contributed by atoms with Gasteiger partial charge < -0.3 is 15.0 Å². The number of aromatic nitrogens is 4. The van der Waals surface area contributed by atoms with Crippen molar-refractivity contribution in [2.24, 2.45) is 0 Å². The van der Waals surface area contributed by atoms with Crippen LogP contribution in [0.4, 0.5) is 15.9 Å². The first kappa shape index (κ1) is 24.3. The first-order valence-electron chi connectivity index (χ1n) is 11.9. The Balaban J connectivity index is 1.35. The van der Waals surface area contributed by atoms with Crippen molar-refractivity contribution in [1.29, 1.82) is 0 Å². The molecule has 5 rings (SSSR count). The minimum atomic E-state index is -1.23. The smallest absolute Gasteiger partial charge is 0.254 e. The third-order valence-electron chi connectivity index (χ3n) is 6.35. The number of carbonyl (C=O) groups excluding carboxylic acids is 1. The molecule has 2 atom stereocenters. The Bertz CT molecular complexity index is 1500. The van der Waals surface area contributed by atoms with Crippen LogP contribution in [0.3, 0.4) is 0 Å². The number of halogens is 1. The molecular weight excluding hydrogens is 471 g/mol. The van der Waals surface area contributed by atoms with Crippen molar-refractivity contribution in [3.05, 3.63) is 102 Å². The van der Waals surface area contributed by atoms with E-state index in [9.17, 15) is 9.18 Å². The van der Waals surface area contributed by atoms with Crippen LogP contribution >= 0.6 is 0 Å². The van der Waals surface area contributed by atoms with Gasteiger partial charge in [-0.1, -0.05) is 12.2 Å². The van der Waals surface area contributed by atoms with Crippen molar-refractivity contribution < 1.29 is 13.9 Å². The summed E-state index contributed by atoms with van der Waals surface area (Å²) in [6, 6.07) is 9.36. The normalized spacial score (nSPS) is 17.0. The van der Waals surface area contributed by atoms with Gasteiger partial charge in [-0.2, -0.15) is 0 Å². The lowest BCUT2D eigenvalue weighted by Crippen LogP contribution is -2.26. The molecular formula is C28H27FN6O2.